The van der Waals surface area contributed by atoms with E-state index in [1.54, 1.807) is 6.92 Å². The van der Waals surface area contributed by atoms with Crippen LogP contribution in [-0.2, 0) is 9.59 Å². The minimum Gasteiger partial charge on any atom is -0.481 e. The molecule has 7 nitrogen and oxygen atoms in total. The Labute approximate surface area is 87.0 Å². The average molecular weight is 217 g/mol. The summed E-state index contributed by atoms with van der Waals surface area (Å²) in [6, 6.07) is -0.536. The minimum atomic E-state index is -0.915. The summed E-state index contributed by atoms with van der Waals surface area (Å²) in [6.07, 6.45) is -0.0178. The van der Waals surface area contributed by atoms with Gasteiger partial charge in [0.15, 0.2) is 0 Å². The molecule has 0 heterocycles. The Hall–Kier alpha value is -1.79. The Bertz CT molecular complexity index is 254. The van der Waals surface area contributed by atoms with Crippen LogP contribution in [0.15, 0.2) is 0 Å². The fourth-order valence-electron chi connectivity index (χ4n) is 0.867. The van der Waals surface area contributed by atoms with Gasteiger partial charge in [0.05, 0.1) is 6.54 Å². The number of hydrogen-bond acceptors (Lipinski definition) is 3. The largest absolute Gasteiger partial charge is 0.481 e. The van der Waals surface area contributed by atoms with Crippen LogP contribution in [0, 0.1) is 5.92 Å². The molecule has 0 fully saturated rings. The van der Waals surface area contributed by atoms with Crippen molar-refractivity contribution in [1.82, 2.24) is 10.6 Å². The molecule has 0 aliphatic heterocycles. The molecule has 0 bridgehead atoms. The molecule has 5 N–H and O–H groups in total. The normalized spacial score (nSPS) is 11.5. The van der Waals surface area contributed by atoms with Gasteiger partial charge in [-0.3, -0.25) is 9.59 Å². The Balaban J connectivity index is 3.61. The molecule has 1 atom stereocenters. The zero-order valence-electron chi connectivity index (χ0n) is 8.45. The summed E-state index contributed by atoms with van der Waals surface area (Å²) < 4.78 is 0. The SMILES string of the molecule is CC(CNC(=O)NCC(N)=O)CC(=O)O. The van der Waals surface area contributed by atoms with E-state index in [4.69, 9.17) is 10.8 Å². The van der Waals surface area contributed by atoms with Crippen LogP contribution in [-0.4, -0.2) is 36.1 Å². The lowest BCUT2D eigenvalue weighted by Crippen LogP contribution is -2.41. The maximum atomic E-state index is 11.0. The number of carboxylic acid groups (broad SMARTS) is 1. The van der Waals surface area contributed by atoms with Crippen LogP contribution in [0.5, 0.6) is 0 Å². The molecule has 1 unspecified atom stereocenters. The molecule has 3 amide bonds. The van der Waals surface area contributed by atoms with E-state index in [0.717, 1.165) is 0 Å². The molecular formula is C8H15N3O4. The first-order valence-electron chi connectivity index (χ1n) is 4.43. The van der Waals surface area contributed by atoms with Crippen molar-refractivity contribution in [2.75, 3.05) is 13.1 Å². The van der Waals surface area contributed by atoms with Crippen molar-refractivity contribution >= 4 is 17.9 Å². The van der Waals surface area contributed by atoms with E-state index < -0.39 is 17.9 Å². The van der Waals surface area contributed by atoms with Crippen molar-refractivity contribution in [3.63, 3.8) is 0 Å². The molecule has 7 heteroatoms. The molecule has 0 spiro atoms. The summed E-state index contributed by atoms with van der Waals surface area (Å²) in [7, 11) is 0. The van der Waals surface area contributed by atoms with E-state index in [9.17, 15) is 14.4 Å². The van der Waals surface area contributed by atoms with Gasteiger partial charge in [0.25, 0.3) is 0 Å². The van der Waals surface area contributed by atoms with Crippen LogP contribution in [0.2, 0.25) is 0 Å². The summed E-state index contributed by atoms with van der Waals surface area (Å²) >= 11 is 0. The van der Waals surface area contributed by atoms with Crippen LogP contribution in [0.1, 0.15) is 13.3 Å². The number of rotatable bonds is 6. The monoisotopic (exact) mass is 217 g/mol. The minimum absolute atomic E-state index is 0.0178. The summed E-state index contributed by atoms with van der Waals surface area (Å²) in [4.78, 5) is 31.5. The number of urea groups is 1. The first-order valence-corrected chi connectivity index (χ1v) is 4.43. The van der Waals surface area contributed by atoms with Crippen molar-refractivity contribution in [3.8, 4) is 0 Å². The summed E-state index contributed by atoms with van der Waals surface area (Å²) in [5, 5.41) is 13.1. The molecule has 0 radical (unpaired) electrons. The lowest BCUT2D eigenvalue weighted by atomic mass is 10.1. The molecule has 0 aromatic rings. The van der Waals surface area contributed by atoms with Crippen molar-refractivity contribution in [2.45, 2.75) is 13.3 Å². The number of carboxylic acids is 1. The smallest absolute Gasteiger partial charge is 0.315 e. The number of nitrogens with two attached hydrogens (primary N) is 1. The standard InChI is InChI=1S/C8H15N3O4/c1-5(2-7(13)14)3-10-8(15)11-4-6(9)12/h5H,2-4H2,1H3,(H2,9,12)(H,13,14)(H2,10,11,15). The highest BCUT2D eigenvalue weighted by Gasteiger charge is 2.09. The molecule has 0 aliphatic rings. The Morgan fingerprint density at radius 1 is 1.33 bits per heavy atom. The number of nitrogens with one attached hydrogen (secondary N) is 2. The number of carbonyl (C=O) groups is 3. The van der Waals surface area contributed by atoms with E-state index in [2.05, 4.69) is 10.6 Å². The highest BCUT2D eigenvalue weighted by molar-refractivity contribution is 5.82. The predicted octanol–water partition coefficient (Wildman–Crippen LogP) is -1.12. The summed E-state index contributed by atoms with van der Waals surface area (Å²) in [5.74, 6) is -1.72. The second-order valence-corrected chi connectivity index (χ2v) is 3.23. The molecule has 0 aromatic heterocycles. The van der Waals surface area contributed by atoms with E-state index in [1.807, 2.05) is 0 Å². The highest BCUT2D eigenvalue weighted by Crippen LogP contribution is 1.98. The number of amides is 3. The lowest BCUT2D eigenvalue weighted by Gasteiger charge is -2.10. The molecule has 86 valence electrons. The van der Waals surface area contributed by atoms with Gasteiger partial charge in [0.2, 0.25) is 5.91 Å². The molecule has 0 saturated heterocycles. The average Bonchev–Trinajstić information content (AvgIpc) is 2.10. The third-order valence-corrected chi connectivity index (χ3v) is 1.56. The van der Waals surface area contributed by atoms with Crippen LogP contribution in [0.4, 0.5) is 4.79 Å². The quantitative estimate of drug-likeness (QED) is 0.450. The van der Waals surface area contributed by atoms with Gasteiger partial charge in [0.1, 0.15) is 0 Å². The maximum Gasteiger partial charge on any atom is 0.315 e. The number of hydrogen-bond donors (Lipinski definition) is 4. The van der Waals surface area contributed by atoms with E-state index in [-0.39, 0.29) is 25.4 Å². The summed E-state index contributed by atoms with van der Waals surface area (Å²) in [5.41, 5.74) is 4.80. The molecule has 0 saturated carbocycles. The third-order valence-electron chi connectivity index (χ3n) is 1.56. The molecule has 0 aliphatic carbocycles. The number of carbonyl (C=O) groups excluding carboxylic acids is 2. The van der Waals surface area contributed by atoms with Gasteiger partial charge >= 0.3 is 12.0 Å². The van der Waals surface area contributed by atoms with Gasteiger partial charge in [0, 0.05) is 13.0 Å². The van der Waals surface area contributed by atoms with Crippen LogP contribution >= 0.6 is 0 Å². The van der Waals surface area contributed by atoms with Gasteiger partial charge in [-0.2, -0.15) is 0 Å². The third kappa shape index (κ3) is 8.54. The van der Waals surface area contributed by atoms with Gasteiger partial charge in [-0.1, -0.05) is 6.92 Å². The van der Waals surface area contributed by atoms with Gasteiger partial charge in [-0.25, -0.2) is 4.79 Å². The molecular weight excluding hydrogens is 202 g/mol. The Morgan fingerprint density at radius 3 is 2.40 bits per heavy atom. The zero-order valence-corrected chi connectivity index (χ0v) is 8.45. The lowest BCUT2D eigenvalue weighted by molar-refractivity contribution is -0.137. The van der Waals surface area contributed by atoms with Crippen molar-refractivity contribution in [3.05, 3.63) is 0 Å². The van der Waals surface area contributed by atoms with Crippen LogP contribution in [0.3, 0.4) is 0 Å². The predicted molar refractivity (Wildman–Crippen MR) is 52.0 cm³/mol. The van der Waals surface area contributed by atoms with Gasteiger partial charge < -0.3 is 21.5 Å². The van der Waals surface area contributed by atoms with E-state index in [1.165, 1.54) is 0 Å². The van der Waals surface area contributed by atoms with Gasteiger partial charge in [-0.15, -0.1) is 0 Å². The topological polar surface area (TPSA) is 122 Å². The Morgan fingerprint density at radius 2 is 1.93 bits per heavy atom. The Kier molecular flexibility index (Phi) is 5.84. The first kappa shape index (κ1) is 13.2. The van der Waals surface area contributed by atoms with Crippen molar-refractivity contribution in [1.29, 1.82) is 0 Å². The van der Waals surface area contributed by atoms with Crippen molar-refractivity contribution in [2.24, 2.45) is 11.7 Å². The second-order valence-electron chi connectivity index (χ2n) is 3.23. The maximum absolute atomic E-state index is 11.0. The molecule has 0 aromatic carbocycles. The van der Waals surface area contributed by atoms with E-state index >= 15 is 0 Å². The highest BCUT2D eigenvalue weighted by atomic mass is 16.4. The fourth-order valence-corrected chi connectivity index (χ4v) is 0.867. The van der Waals surface area contributed by atoms with Crippen molar-refractivity contribution < 1.29 is 19.5 Å². The molecule has 0 rings (SSSR count). The number of aliphatic carboxylic acids is 1. The second kappa shape index (κ2) is 6.63. The zero-order chi connectivity index (χ0) is 11.8. The fraction of sp³-hybridized carbons (Fsp3) is 0.625. The van der Waals surface area contributed by atoms with Crippen LogP contribution in [0.25, 0.3) is 0 Å². The summed E-state index contributed by atoms with van der Waals surface area (Å²) in [6.45, 7) is 1.69. The van der Waals surface area contributed by atoms with E-state index in [0.29, 0.717) is 0 Å². The van der Waals surface area contributed by atoms with Crippen LogP contribution < -0.4 is 16.4 Å². The van der Waals surface area contributed by atoms with Gasteiger partial charge in [-0.05, 0) is 5.92 Å². The number of primary amides is 1. The molecule has 15 heavy (non-hydrogen) atoms. The first-order chi connectivity index (χ1) is 6.91.